The first-order valence-corrected chi connectivity index (χ1v) is 7.25. The third kappa shape index (κ3) is 3.46. The minimum atomic E-state index is 0.0388. The number of hydrogen-bond donors (Lipinski definition) is 2. The summed E-state index contributed by atoms with van der Waals surface area (Å²) < 4.78 is 0. The zero-order valence-corrected chi connectivity index (χ0v) is 12.0. The molecule has 1 aromatic carbocycles. The molecular formula is C13H14Cl2N2S. The molecule has 0 saturated heterocycles. The SMILES string of the molecule is NCC(NCc1cccs1)c1ccc(Cl)cc1Cl. The minimum Gasteiger partial charge on any atom is -0.329 e. The molecule has 1 atom stereocenters. The van der Waals surface area contributed by atoms with E-state index < -0.39 is 0 Å². The molecule has 18 heavy (non-hydrogen) atoms. The summed E-state index contributed by atoms with van der Waals surface area (Å²) in [5, 5.41) is 6.75. The lowest BCUT2D eigenvalue weighted by molar-refractivity contribution is 0.545. The Balaban J connectivity index is 2.08. The third-order valence-electron chi connectivity index (χ3n) is 2.68. The lowest BCUT2D eigenvalue weighted by Gasteiger charge is -2.18. The number of hydrogen-bond acceptors (Lipinski definition) is 3. The van der Waals surface area contributed by atoms with Crippen molar-refractivity contribution in [3.05, 3.63) is 56.2 Å². The van der Waals surface area contributed by atoms with E-state index >= 15 is 0 Å². The van der Waals surface area contributed by atoms with Crippen molar-refractivity contribution in [2.75, 3.05) is 6.54 Å². The summed E-state index contributed by atoms with van der Waals surface area (Å²) in [6.45, 7) is 1.28. The van der Waals surface area contributed by atoms with Gasteiger partial charge in [-0.2, -0.15) is 0 Å². The lowest BCUT2D eigenvalue weighted by atomic mass is 10.1. The quantitative estimate of drug-likeness (QED) is 0.880. The molecule has 3 N–H and O–H groups in total. The summed E-state index contributed by atoms with van der Waals surface area (Å²) in [6.07, 6.45) is 0. The molecule has 0 aliphatic carbocycles. The first kappa shape index (κ1) is 13.8. The van der Waals surface area contributed by atoms with Crippen LogP contribution in [-0.2, 0) is 6.54 Å². The largest absolute Gasteiger partial charge is 0.329 e. The molecule has 0 saturated carbocycles. The predicted octanol–water partition coefficient (Wildman–Crippen LogP) is 3.84. The van der Waals surface area contributed by atoms with Crippen LogP contribution in [0.25, 0.3) is 0 Å². The monoisotopic (exact) mass is 300 g/mol. The highest BCUT2D eigenvalue weighted by molar-refractivity contribution is 7.09. The van der Waals surface area contributed by atoms with Crippen molar-refractivity contribution in [3.8, 4) is 0 Å². The van der Waals surface area contributed by atoms with Gasteiger partial charge in [0.15, 0.2) is 0 Å². The zero-order valence-electron chi connectivity index (χ0n) is 9.70. The Morgan fingerprint density at radius 3 is 2.72 bits per heavy atom. The molecule has 1 heterocycles. The Bertz CT molecular complexity index is 500. The van der Waals surface area contributed by atoms with E-state index in [9.17, 15) is 0 Å². The van der Waals surface area contributed by atoms with E-state index in [1.807, 2.05) is 18.2 Å². The molecule has 0 fully saturated rings. The van der Waals surface area contributed by atoms with Gasteiger partial charge in [0.2, 0.25) is 0 Å². The van der Waals surface area contributed by atoms with Crippen molar-refractivity contribution >= 4 is 34.5 Å². The van der Waals surface area contributed by atoms with Gasteiger partial charge in [0.1, 0.15) is 0 Å². The highest BCUT2D eigenvalue weighted by atomic mass is 35.5. The lowest BCUT2D eigenvalue weighted by Crippen LogP contribution is -2.27. The second-order valence-corrected chi connectivity index (χ2v) is 5.79. The van der Waals surface area contributed by atoms with Gasteiger partial charge in [-0.1, -0.05) is 35.3 Å². The van der Waals surface area contributed by atoms with Gasteiger partial charge in [-0.15, -0.1) is 11.3 Å². The summed E-state index contributed by atoms with van der Waals surface area (Å²) in [5.74, 6) is 0. The van der Waals surface area contributed by atoms with Crippen molar-refractivity contribution in [1.82, 2.24) is 5.32 Å². The summed E-state index contributed by atoms with van der Waals surface area (Å²) in [4.78, 5) is 1.28. The number of nitrogens with two attached hydrogens (primary N) is 1. The Kier molecular flexibility index (Phi) is 5.03. The molecule has 0 spiro atoms. The molecule has 0 aliphatic rings. The van der Waals surface area contributed by atoms with E-state index in [-0.39, 0.29) is 6.04 Å². The number of thiophene rings is 1. The van der Waals surface area contributed by atoms with Gasteiger partial charge in [0.25, 0.3) is 0 Å². The molecule has 0 aliphatic heterocycles. The van der Waals surface area contributed by atoms with Crippen molar-refractivity contribution in [1.29, 1.82) is 0 Å². The van der Waals surface area contributed by atoms with E-state index in [2.05, 4.69) is 16.8 Å². The normalized spacial score (nSPS) is 12.6. The van der Waals surface area contributed by atoms with Crippen LogP contribution in [0.4, 0.5) is 0 Å². The molecule has 2 rings (SSSR count). The highest BCUT2D eigenvalue weighted by Gasteiger charge is 2.13. The Morgan fingerprint density at radius 1 is 1.28 bits per heavy atom. The van der Waals surface area contributed by atoms with Gasteiger partial charge < -0.3 is 11.1 Å². The minimum absolute atomic E-state index is 0.0388. The molecule has 96 valence electrons. The van der Waals surface area contributed by atoms with Crippen LogP contribution in [0.3, 0.4) is 0 Å². The van der Waals surface area contributed by atoms with Gasteiger partial charge in [-0.3, -0.25) is 0 Å². The molecule has 0 radical (unpaired) electrons. The first-order valence-electron chi connectivity index (χ1n) is 5.61. The summed E-state index contributed by atoms with van der Waals surface area (Å²) >= 11 is 13.8. The third-order valence-corrected chi connectivity index (χ3v) is 4.12. The second-order valence-electron chi connectivity index (χ2n) is 3.91. The van der Waals surface area contributed by atoms with Gasteiger partial charge in [-0.25, -0.2) is 0 Å². The molecule has 0 bridgehead atoms. The number of nitrogens with one attached hydrogen (secondary N) is 1. The van der Waals surface area contributed by atoms with Gasteiger partial charge in [0, 0.05) is 34.1 Å². The smallest absolute Gasteiger partial charge is 0.0469 e. The van der Waals surface area contributed by atoms with Gasteiger partial charge in [0.05, 0.1) is 0 Å². The van der Waals surface area contributed by atoms with E-state index in [0.29, 0.717) is 16.6 Å². The summed E-state index contributed by atoms with van der Waals surface area (Å²) in [6, 6.07) is 9.66. The van der Waals surface area contributed by atoms with Gasteiger partial charge in [-0.05, 0) is 29.1 Å². The van der Waals surface area contributed by atoms with Crippen LogP contribution in [0.1, 0.15) is 16.5 Å². The maximum absolute atomic E-state index is 6.19. The molecule has 0 amide bonds. The summed E-state index contributed by atoms with van der Waals surface area (Å²) in [7, 11) is 0. The average molecular weight is 301 g/mol. The first-order chi connectivity index (χ1) is 8.70. The molecule has 1 aromatic heterocycles. The average Bonchev–Trinajstić information content (AvgIpc) is 2.85. The van der Waals surface area contributed by atoms with Crippen molar-refractivity contribution in [3.63, 3.8) is 0 Å². The second kappa shape index (κ2) is 6.55. The van der Waals surface area contributed by atoms with Crippen LogP contribution in [0.5, 0.6) is 0 Å². The maximum atomic E-state index is 6.19. The Hall–Kier alpha value is -0.580. The Morgan fingerprint density at radius 2 is 2.11 bits per heavy atom. The van der Waals surface area contributed by atoms with Crippen LogP contribution in [0.2, 0.25) is 10.0 Å². The predicted molar refractivity (Wildman–Crippen MR) is 79.4 cm³/mol. The zero-order chi connectivity index (χ0) is 13.0. The molecule has 2 aromatic rings. The summed E-state index contributed by atoms with van der Waals surface area (Å²) in [5.41, 5.74) is 6.79. The maximum Gasteiger partial charge on any atom is 0.0469 e. The van der Waals surface area contributed by atoms with Crippen molar-refractivity contribution < 1.29 is 0 Å². The van der Waals surface area contributed by atoms with Crippen LogP contribution in [-0.4, -0.2) is 6.54 Å². The fraction of sp³-hybridized carbons (Fsp3) is 0.231. The fourth-order valence-electron chi connectivity index (χ4n) is 1.74. The molecular weight excluding hydrogens is 287 g/mol. The highest BCUT2D eigenvalue weighted by Crippen LogP contribution is 2.26. The van der Waals surface area contributed by atoms with Crippen LogP contribution in [0, 0.1) is 0 Å². The van der Waals surface area contributed by atoms with Crippen molar-refractivity contribution in [2.45, 2.75) is 12.6 Å². The molecule has 1 unspecified atom stereocenters. The standard InChI is InChI=1S/C13H14Cl2N2S/c14-9-3-4-11(12(15)6-9)13(7-16)17-8-10-2-1-5-18-10/h1-6,13,17H,7-8,16H2. The fourth-order valence-corrected chi connectivity index (χ4v) is 2.94. The molecule has 5 heteroatoms. The van der Waals surface area contributed by atoms with E-state index in [1.54, 1.807) is 17.4 Å². The van der Waals surface area contributed by atoms with E-state index in [0.717, 1.165) is 12.1 Å². The topological polar surface area (TPSA) is 38.0 Å². The number of benzene rings is 1. The van der Waals surface area contributed by atoms with E-state index in [4.69, 9.17) is 28.9 Å². The van der Waals surface area contributed by atoms with Crippen molar-refractivity contribution in [2.24, 2.45) is 5.73 Å². The van der Waals surface area contributed by atoms with Crippen LogP contribution < -0.4 is 11.1 Å². The van der Waals surface area contributed by atoms with Crippen LogP contribution >= 0.6 is 34.5 Å². The number of rotatable bonds is 5. The van der Waals surface area contributed by atoms with Crippen LogP contribution in [0.15, 0.2) is 35.7 Å². The number of halogens is 2. The molecule has 2 nitrogen and oxygen atoms in total. The Labute approximate surface area is 121 Å². The van der Waals surface area contributed by atoms with Gasteiger partial charge >= 0.3 is 0 Å². The van der Waals surface area contributed by atoms with E-state index in [1.165, 1.54) is 4.88 Å².